The van der Waals surface area contributed by atoms with E-state index in [9.17, 15) is 18.4 Å². The van der Waals surface area contributed by atoms with Gasteiger partial charge in [-0.2, -0.15) is 0 Å². The van der Waals surface area contributed by atoms with Crippen molar-refractivity contribution in [2.75, 3.05) is 39.3 Å². The van der Waals surface area contributed by atoms with Crippen molar-refractivity contribution in [3.05, 3.63) is 81.4 Å². The number of halogens is 4. The van der Waals surface area contributed by atoms with Crippen LogP contribution in [0.25, 0.3) is 12.2 Å². The van der Waals surface area contributed by atoms with E-state index < -0.39 is 11.6 Å². The van der Waals surface area contributed by atoms with Crippen molar-refractivity contribution in [1.29, 1.82) is 0 Å². The topological polar surface area (TPSA) is 52.7 Å². The Kier molecular flexibility index (Phi) is 9.00. The third-order valence-electron chi connectivity index (χ3n) is 5.20. The maximum Gasteiger partial charge on any atom is 0.246 e. The molecule has 1 fully saturated rings. The highest BCUT2D eigenvalue weighted by atomic mass is 35.5. The summed E-state index contributed by atoms with van der Waals surface area (Å²) in [7, 11) is 0. The SMILES string of the molecule is O=C(C=Cc1c(F)cccc1Cl)NCCN1CCN(C(=O)C=Cc2c(F)cccc2Cl)CC1. The van der Waals surface area contributed by atoms with Gasteiger partial charge < -0.3 is 10.2 Å². The van der Waals surface area contributed by atoms with Crippen LogP contribution in [-0.4, -0.2) is 60.9 Å². The van der Waals surface area contributed by atoms with Gasteiger partial charge in [0.1, 0.15) is 11.6 Å². The van der Waals surface area contributed by atoms with E-state index in [0.717, 1.165) is 0 Å². The summed E-state index contributed by atoms with van der Waals surface area (Å²) in [4.78, 5) is 28.2. The summed E-state index contributed by atoms with van der Waals surface area (Å²) in [5.41, 5.74) is 0.356. The van der Waals surface area contributed by atoms with E-state index in [1.54, 1.807) is 17.0 Å². The van der Waals surface area contributed by atoms with E-state index in [0.29, 0.717) is 39.3 Å². The Bertz CT molecular complexity index is 1020. The van der Waals surface area contributed by atoms with Crippen LogP contribution in [0.3, 0.4) is 0 Å². The Morgan fingerprint density at radius 1 is 0.879 bits per heavy atom. The lowest BCUT2D eigenvalue weighted by molar-refractivity contribution is -0.127. The largest absolute Gasteiger partial charge is 0.351 e. The lowest BCUT2D eigenvalue weighted by Gasteiger charge is -2.34. The van der Waals surface area contributed by atoms with Gasteiger partial charge in [-0.05, 0) is 36.4 Å². The fourth-order valence-electron chi connectivity index (χ4n) is 3.35. The molecule has 2 aromatic rings. The molecule has 0 saturated carbocycles. The second kappa shape index (κ2) is 11.9. The zero-order valence-electron chi connectivity index (χ0n) is 17.7. The first-order chi connectivity index (χ1) is 15.8. The third kappa shape index (κ3) is 7.12. The van der Waals surface area contributed by atoms with Crippen LogP contribution in [-0.2, 0) is 9.59 Å². The minimum Gasteiger partial charge on any atom is -0.351 e. The summed E-state index contributed by atoms with van der Waals surface area (Å²) >= 11 is 11.9. The zero-order valence-corrected chi connectivity index (χ0v) is 19.3. The molecule has 33 heavy (non-hydrogen) atoms. The molecule has 5 nitrogen and oxygen atoms in total. The van der Waals surface area contributed by atoms with Crippen molar-refractivity contribution >= 4 is 47.2 Å². The lowest BCUT2D eigenvalue weighted by atomic mass is 10.2. The van der Waals surface area contributed by atoms with E-state index in [1.807, 2.05) is 0 Å². The summed E-state index contributed by atoms with van der Waals surface area (Å²) in [5.74, 6) is -1.53. The van der Waals surface area contributed by atoms with Crippen molar-refractivity contribution in [3.63, 3.8) is 0 Å². The fourth-order valence-corrected chi connectivity index (χ4v) is 3.80. The molecule has 0 radical (unpaired) electrons. The van der Waals surface area contributed by atoms with Crippen molar-refractivity contribution in [3.8, 4) is 0 Å². The molecule has 1 saturated heterocycles. The maximum atomic E-state index is 13.8. The Hall–Kier alpha value is -2.74. The van der Waals surface area contributed by atoms with Gasteiger partial charge in [-0.3, -0.25) is 14.5 Å². The maximum absolute atomic E-state index is 13.8. The van der Waals surface area contributed by atoms with Crippen LogP contribution in [0.5, 0.6) is 0 Å². The molecule has 3 rings (SSSR count). The van der Waals surface area contributed by atoms with E-state index in [2.05, 4.69) is 10.2 Å². The third-order valence-corrected chi connectivity index (χ3v) is 5.86. The average Bonchev–Trinajstić information content (AvgIpc) is 2.79. The Morgan fingerprint density at radius 2 is 1.42 bits per heavy atom. The van der Waals surface area contributed by atoms with Gasteiger partial charge in [-0.1, -0.05) is 35.3 Å². The smallest absolute Gasteiger partial charge is 0.246 e. The fraction of sp³-hybridized carbons (Fsp3) is 0.250. The molecule has 0 aromatic heterocycles. The molecule has 0 bridgehead atoms. The summed E-state index contributed by atoms with van der Waals surface area (Å²) in [5, 5.41) is 3.23. The highest BCUT2D eigenvalue weighted by Crippen LogP contribution is 2.21. The number of hydrogen-bond donors (Lipinski definition) is 1. The average molecular weight is 494 g/mol. The Labute approximate surface area is 201 Å². The monoisotopic (exact) mass is 493 g/mol. The van der Waals surface area contributed by atoms with Crippen LogP contribution < -0.4 is 5.32 Å². The van der Waals surface area contributed by atoms with Crippen molar-refractivity contribution in [2.45, 2.75) is 0 Å². The van der Waals surface area contributed by atoms with Gasteiger partial charge in [-0.25, -0.2) is 8.78 Å². The van der Waals surface area contributed by atoms with E-state index in [-0.39, 0.29) is 33.0 Å². The molecular weight excluding hydrogens is 471 g/mol. The van der Waals surface area contributed by atoms with Gasteiger partial charge in [0, 0.05) is 62.5 Å². The number of rotatable bonds is 7. The van der Waals surface area contributed by atoms with Crippen LogP contribution in [0, 0.1) is 11.6 Å². The Balaban J connectivity index is 1.40. The molecular formula is C24H23Cl2F2N3O2. The molecule has 1 aliphatic heterocycles. The number of piperazine rings is 1. The highest BCUT2D eigenvalue weighted by Gasteiger charge is 2.19. The summed E-state index contributed by atoms with van der Waals surface area (Å²) < 4.78 is 27.5. The molecule has 9 heteroatoms. The summed E-state index contributed by atoms with van der Waals surface area (Å²) in [6.07, 6.45) is 5.31. The van der Waals surface area contributed by atoms with Gasteiger partial charge in [0.15, 0.2) is 0 Å². The van der Waals surface area contributed by atoms with Crippen molar-refractivity contribution in [1.82, 2.24) is 15.1 Å². The molecule has 2 aromatic carbocycles. The van der Waals surface area contributed by atoms with Gasteiger partial charge in [-0.15, -0.1) is 0 Å². The first-order valence-electron chi connectivity index (χ1n) is 10.4. The molecule has 1 aliphatic rings. The van der Waals surface area contributed by atoms with Gasteiger partial charge in [0.05, 0.1) is 10.0 Å². The van der Waals surface area contributed by atoms with Gasteiger partial charge in [0.25, 0.3) is 0 Å². The lowest BCUT2D eigenvalue weighted by Crippen LogP contribution is -2.49. The number of benzene rings is 2. The molecule has 1 heterocycles. The molecule has 174 valence electrons. The van der Waals surface area contributed by atoms with Crippen molar-refractivity contribution in [2.24, 2.45) is 0 Å². The number of hydrogen-bond acceptors (Lipinski definition) is 3. The molecule has 0 spiro atoms. The number of nitrogens with one attached hydrogen (secondary N) is 1. The van der Waals surface area contributed by atoms with Crippen LogP contribution in [0.15, 0.2) is 48.6 Å². The molecule has 0 aliphatic carbocycles. The minimum atomic E-state index is -0.495. The van der Waals surface area contributed by atoms with E-state index in [1.165, 1.54) is 48.6 Å². The second-order valence-corrected chi connectivity index (χ2v) is 8.21. The second-order valence-electron chi connectivity index (χ2n) is 7.40. The zero-order chi connectivity index (χ0) is 23.8. The number of carbonyl (C=O) groups is 2. The molecule has 0 unspecified atom stereocenters. The molecule has 2 amide bonds. The summed E-state index contributed by atoms with van der Waals surface area (Å²) in [6.45, 7) is 3.37. The summed E-state index contributed by atoms with van der Waals surface area (Å²) in [6, 6.07) is 8.69. The van der Waals surface area contributed by atoms with Crippen LogP contribution in [0.2, 0.25) is 10.0 Å². The first-order valence-corrected chi connectivity index (χ1v) is 11.1. The van der Waals surface area contributed by atoms with Crippen LogP contribution in [0.1, 0.15) is 11.1 Å². The minimum absolute atomic E-state index is 0.168. The van der Waals surface area contributed by atoms with E-state index >= 15 is 0 Å². The molecule has 0 atom stereocenters. The predicted octanol–water partition coefficient (Wildman–Crippen LogP) is 4.26. The van der Waals surface area contributed by atoms with E-state index in [4.69, 9.17) is 23.2 Å². The van der Waals surface area contributed by atoms with Gasteiger partial charge >= 0.3 is 0 Å². The number of amides is 2. The molecule has 1 N–H and O–H groups in total. The normalized spacial score (nSPS) is 14.8. The van der Waals surface area contributed by atoms with Crippen LogP contribution in [0.4, 0.5) is 8.78 Å². The van der Waals surface area contributed by atoms with Gasteiger partial charge in [0.2, 0.25) is 11.8 Å². The highest BCUT2D eigenvalue weighted by molar-refractivity contribution is 6.32. The standard InChI is InChI=1S/C24H23Cl2F2N3O2/c25-19-3-1-5-21(27)17(19)7-9-23(32)29-11-12-30-13-15-31(16-14-30)24(33)10-8-18-20(26)4-2-6-22(18)28/h1-10H,11-16H2,(H,29,32). The number of nitrogens with zero attached hydrogens (tertiary/aromatic N) is 2. The first kappa shape index (κ1) is 24.9. The van der Waals surface area contributed by atoms with Crippen molar-refractivity contribution < 1.29 is 18.4 Å². The Morgan fingerprint density at radius 3 is 1.97 bits per heavy atom. The van der Waals surface area contributed by atoms with Crippen LogP contribution >= 0.6 is 23.2 Å². The quantitative estimate of drug-likeness (QED) is 0.586. The number of carbonyl (C=O) groups excluding carboxylic acids is 2. The predicted molar refractivity (Wildman–Crippen MR) is 127 cm³/mol.